The van der Waals surface area contributed by atoms with Crippen LogP contribution in [-0.2, 0) is 0 Å². The number of nitrogens with one attached hydrogen (secondary N) is 1. The van der Waals surface area contributed by atoms with E-state index in [-0.39, 0.29) is 17.7 Å². The molecule has 0 spiro atoms. The first-order chi connectivity index (χ1) is 16.3. The van der Waals surface area contributed by atoms with Crippen molar-refractivity contribution in [1.29, 1.82) is 0 Å². The molecule has 1 saturated heterocycles. The van der Waals surface area contributed by atoms with Crippen molar-refractivity contribution >= 4 is 34.9 Å². The number of halogens is 2. The number of piperidine rings is 1. The molecule has 4 rings (SSSR count). The molecule has 0 atom stereocenters. The maximum atomic E-state index is 12.7. The summed E-state index contributed by atoms with van der Waals surface area (Å²) in [4.78, 5) is 27.5. The van der Waals surface area contributed by atoms with Gasteiger partial charge in [0.2, 0.25) is 5.78 Å². The molecule has 0 radical (unpaired) electrons. The van der Waals surface area contributed by atoms with Crippen molar-refractivity contribution in [2.75, 3.05) is 26.2 Å². The van der Waals surface area contributed by atoms with E-state index in [4.69, 9.17) is 32.7 Å². The van der Waals surface area contributed by atoms with E-state index in [0.29, 0.717) is 45.0 Å². The summed E-state index contributed by atoms with van der Waals surface area (Å²) in [6.07, 6.45) is 2.61. The number of benzene rings is 2. The Morgan fingerprint density at radius 1 is 1.15 bits per heavy atom. The van der Waals surface area contributed by atoms with Crippen LogP contribution in [0.1, 0.15) is 53.8 Å². The number of nitrogens with zero attached hydrogens (tertiary/aromatic N) is 1. The number of Topliss-reactive ketones (excluding diaryl/α,β-unsaturated/α-hetero) is 1. The third kappa shape index (κ3) is 5.57. The number of likely N-dealkylation sites (tertiary alicyclic amines) is 1. The van der Waals surface area contributed by atoms with E-state index >= 15 is 0 Å². The Morgan fingerprint density at radius 2 is 1.91 bits per heavy atom. The van der Waals surface area contributed by atoms with Gasteiger partial charge in [-0.2, -0.15) is 0 Å². The first kappa shape index (κ1) is 24.6. The van der Waals surface area contributed by atoms with Crippen molar-refractivity contribution in [3.8, 4) is 11.5 Å². The topological polar surface area (TPSA) is 67.9 Å². The molecule has 2 heterocycles. The molecule has 34 heavy (non-hydrogen) atoms. The highest BCUT2D eigenvalue weighted by Crippen LogP contribution is 2.38. The lowest BCUT2D eigenvalue weighted by Gasteiger charge is -2.32. The molecule has 1 amide bonds. The number of amides is 1. The molecule has 2 aliphatic heterocycles. The highest BCUT2D eigenvalue weighted by molar-refractivity contribution is 6.42. The highest BCUT2D eigenvalue weighted by Gasteiger charge is 2.31. The third-order valence-electron chi connectivity index (χ3n) is 6.07. The summed E-state index contributed by atoms with van der Waals surface area (Å²) in [5, 5.41) is 3.90. The summed E-state index contributed by atoms with van der Waals surface area (Å²) >= 11 is 11.9. The molecule has 2 aliphatic rings. The first-order valence-electron chi connectivity index (χ1n) is 11.5. The summed E-state index contributed by atoms with van der Waals surface area (Å²) in [6, 6.07) is 10.5. The highest BCUT2D eigenvalue weighted by atomic mass is 35.5. The maximum absolute atomic E-state index is 12.7. The van der Waals surface area contributed by atoms with E-state index in [2.05, 4.69) is 10.2 Å². The molecule has 180 valence electrons. The zero-order valence-electron chi connectivity index (χ0n) is 19.3. The van der Waals surface area contributed by atoms with E-state index in [1.807, 2.05) is 26.0 Å². The molecule has 1 N–H and O–H groups in total. The number of carbonyl (C=O) groups is 2. The van der Waals surface area contributed by atoms with Gasteiger partial charge < -0.3 is 19.7 Å². The van der Waals surface area contributed by atoms with Crippen LogP contribution in [0.4, 0.5) is 0 Å². The Hall–Kier alpha value is -2.54. The quantitative estimate of drug-likeness (QED) is 0.398. The van der Waals surface area contributed by atoms with Crippen molar-refractivity contribution in [2.45, 2.75) is 39.2 Å². The lowest BCUT2D eigenvalue weighted by Crippen LogP contribution is -2.45. The van der Waals surface area contributed by atoms with E-state index in [9.17, 15) is 9.59 Å². The van der Waals surface area contributed by atoms with Gasteiger partial charge in [-0.05, 0) is 69.0 Å². The van der Waals surface area contributed by atoms with Crippen molar-refractivity contribution in [1.82, 2.24) is 10.2 Å². The number of hydrogen-bond acceptors (Lipinski definition) is 5. The van der Waals surface area contributed by atoms with Gasteiger partial charge >= 0.3 is 0 Å². The van der Waals surface area contributed by atoms with Gasteiger partial charge in [0, 0.05) is 31.2 Å². The van der Waals surface area contributed by atoms with Gasteiger partial charge in [0.05, 0.1) is 16.7 Å². The van der Waals surface area contributed by atoms with Gasteiger partial charge in [0.15, 0.2) is 5.76 Å². The zero-order valence-corrected chi connectivity index (χ0v) is 20.8. The summed E-state index contributed by atoms with van der Waals surface area (Å²) in [6.45, 7) is 6.95. The van der Waals surface area contributed by atoms with E-state index in [1.165, 1.54) is 0 Å². The van der Waals surface area contributed by atoms with Crippen molar-refractivity contribution < 1.29 is 19.1 Å². The van der Waals surface area contributed by atoms with Gasteiger partial charge in [-0.15, -0.1) is 0 Å². The fourth-order valence-electron chi connectivity index (χ4n) is 4.22. The molecule has 8 heteroatoms. The minimum Gasteiger partial charge on any atom is -0.493 e. The summed E-state index contributed by atoms with van der Waals surface area (Å²) in [5.74, 6) is 1.28. The molecule has 0 unspecified atom stereocenters. The molecule has 1 fully saturated rings. The van der Waals surface area contributed by atoms with Crippen molar-refractivity contribution in [3.63, 3.8) is 0 Å². The Morgan fingerprint density at radius 3 is 2.62 bits per heavy atom. The Kier molecular flexibility index (Phi) is 7.81. The second-order valence-corrected chi connectivity index (χ2v) is 9.62. The Balaban J connectivity index is 1.20. The number of carbonyl (C=O) groups excluding carboxylic acids is 2. The van der Waals surface area contributed by atoms with Crippen LogP contribution < -0.4 is 14.8 Å². The van der Waals surface area contributed by atoms with Gasteiger partial charge in [-0.3, -0.25) is 9.59 Å². The minimum absolute atomic E-state index is 0.115. The largest absolute Gasteiger partial charge is 0.493 e. The summed E-state index contributed by atoms with van der Waals surface area (Å²) < 4.78 is 11.7. The molecular weight excluding hydrogens is 475 g/mol. The maximum Gasteiger partial charge on any atom is 0.251 e. The molecule has 0 bridgehead atoms. The van der Waals surface area contributed by atoms with Gasteiger partial charge in [0.25, 0.3) is 5.91 Å². The monoisotopic (exact) mass is 502 g/mol. The molecular formula is C26H28Cl2N2O4. The van der Waals surface area contributed by atoms with Crippen LogP contribution in [-0.4, -0.2) is 48.9 Å². The standard InChI is InChI=1S/C26H28Cl2N2O4/c1-16(2)25-24(31)23-21(5-3-6-22(23)34-25)33-14-4-11-30-12-9-18(10-13-30)29-26(32)17-7-8-19(27)20(28)15-17/h3,5-8,15,18H,4,9-14H2,1-2H3,(H,29,32). The second kappa shape index (κ2) is 10.8. The SMILES string of the molecule is CC(C)=C1Oc2cccc(OCCCN3CCC(NC(=O)c4ccc(Cl)c(Cl)c4)CC3)c2C1=O. The molecule has 2 aromatic carbocycles. The predicted molar refractivity (Wildman–Crippen MR) is 133 cm³/mol. The number of rotatable bonds is 7. The minimum atomic E-state index is -0.129. The number of allylic oxidation sites excluding steroid dienone is 2. The third-order valence-corrected chi connectivity index (χ3v) is 6.81. The number of ketones is 1. The summed E-state index contributed by atoms with van der Waals surface area (Å²) in [5.41, 5.74) is 1.88. The smallest absolute Gasteiger partial charge is 0.251 e. The van der Waals surface area contributed by atoms with Crippen LogP contribution in [0.25, 0.3) is 0 Å². The summed E-state index contributed by atoms with van der Waals surface area (Å²) in [7, 11) is 0. The predicted octanol–water partition coefficient (Wildman–Crippen LogP) is 5.53. The Bertz CT molecular complexity index is 1120. The first-order valence-corrected chi connectivity index (χ1v) is 12.2. The van der Waals surface area contributed by atoms with Crippen LogP contribution in [0, 0.1) is 0 Å². The Labute approximate surface area is 209 Å². The molecule has 0 saturated carbocycles. The van der Waals surface area contributed by atoms with Crippen LogP contribution in [0.15, 0.2) is 47.7 Å². The fourth-order valence-corrected chi connectivity index (χ4v) is 4.51. The normalized spacial score (nSPS) is 16.2. The number of fused-ring (bicyclic) bond motifs is 1. The zero-order chi connectivity index (χ0) is 24.2. The average Bonchev–Trinajstić information content (AvgIpc) is 3.17. The van der Waals surface area contributed by atoms with E-state index in [0.717, 1.165) is 44.5 Å². The average molecular weight is 503 g/mol. The van der Waals surface area contributed by atoms with E-state index < -0.39 is 0 Å². The van der Waals surface area contributed by atoms with Crippen LogP contribution in [0.3, 0.4) is 0 Å². The second-order valence-electron chi connectivity index (χ2n) is 8.81. The lowest BCUT2D eigenvalue weighted by atomic mass is 10.0. The van der Waals surface area contributed by atoms with Crippen molar-refractivity contribution in [2.24, 2.45) is 0 Å². The number of hydrogen-bond donors (Lipinski definition) is 1. The van der Waals surface area contributed by atoms with Gasteiger partial charge in [-0.1, -0.05) is 29.3 Å². The van der Waals surface area contributed by atoms with Crippen LogP contribution in [0.2, 0.25) is 10.0 Å². The van der Waals surface area contributed by atoms with Crippen LogP contribution in [0.5, 0.6) is 11.5 Å². The van der Waals surface area contributed by atoms with Gasteiger partial charge in [-0.25, -0.2) is 0 Å². The van der Waals surface area contributed by atoms with Crippen molar-refractivity contribution in [3.05, 3.63) is 68.9 Å². The molecule has 0 aliphatic carbocycles. The molecule has 2 aromatic rings. The lowest BCUT2D eigenvalue weighted by molar-refractivity contribution is 0.0909. The van der Waals surface area contributed by atoms with E-state index in [1.54, 1.807) is 24.3 Å². The molecule has 0 aromatic heterocycles. The molecule has 6 nitrogen and oxygen atoms in total. The van der Waals surface area contributed by atoms with Crippen LogP contribution >= 0.6 is 23.2 Å². The van der Waals surface area contributed by atoms with Gasteiger partial charge in [0.1, 0.15) is 17.1 Å². The number of ether oxygens (including phenoxy) is 2. The fraction of sp³-hybridized carbons (Fsp3) is 0.385.